The van der Waals surface area contributed by atoms with Crippen molar-refractivity contribution in [1.82, 2.24) is 15.0 Å². The molecule has 0 spiro atoms. The van der Waals surface area contributed by atoms with E-state index in [1.54, 1.807) is 6.07 Å². The Hall–Kier alpha value is -3.75. The lowest BCUT2D eigenvalue weighted by Crippen LogP contribution is -2.46. The fourth-order valence-electron chi connectivity index (χ4n) is 2.65. The first-order chi connectivity index (χ1) is 13.1. The number of H-pyrrole nitrogens is 2. The molecule has 0 atom stereocenters. The number of nitro benzene ring substituents is 1. The summed E-state index contributed by atoms with van der Waals surface area (Å²) in [5.41, 5.74) is -0.649. The van der Waals surface area contributed by atoms with E-state index in [2.05, 4.69) is 15.0 Å². The lowest BCUT2D eigenvalue weighted by Gasteiger charge is -2.14. The molecule has 0 unspecified atom stereocenters. The van der Waals surface area contributed by atoms with Gasteiger partial charge in [-0.2, -0.15) is 0 Å². The van der Waals surface area contributed by atoms with E-state index in [9.17, 15) is 19.7 Å². The Morgan fingerprint density at radius 3 is 2.36 bits per heavy atom. The lowest BCUT2D eigenvalue weighted by molar-refractivity contribution is -0.384. The van der Waals surface area contributed by atoms with Gasteiger partial charge in [0.1, 0.15) is 22.2 Å². The number of aromatic nitrogens is 3. The van der Waals surface area contributed by atoms with E-state index in [4.69, 9.17) is 4.42 Å². The van der Waals surface area contributed by atoms with Crippen LogP contribution >= 0.6 is 0 Å². The number of nitrogens with zero attached hydrogens (tertiary/aromatic N) is 2. The fourth-order valence-corrected chi connectivity index (χ4v) is 2.65. The molecule has 0 saturated carbocycles. The van der Waals surface area contributed by atoms with Crippen LogP contribution in [-0.4, -0.2) is 19.9 Å². The summed E-state index contributed by atoms with van der Waals surface area (Å²) < 4.78 is 5.40. The molecule has 0 bridgehead atoms. The predicted molar refractivity (Wildman–Crippen MR) is 102 cm³/mol. The van der Waals surface area contributed by atoms with E-state index in [1.165, 1.54) is 36.7 Å². The van der Waals surface area contributed by atoms with E-state index < -0.39 is 16.0 Å². The van der Waals surface area contributed by atoms with Crippen LogP contribution in [0.1, 0.15) is 37.8 Å². The van der Waals surface area contributed by atoms with Crippen molar-refractivity contribution >= 4 is 17.8 Å². The average Bonchev–Trinajstić information content (AvgIpc) is 3.08. The van der Waals surface area contributed by atoms with E-state index in [0.717, 1.165) is 0 Å². The molecule has 2 heterocycles. The van der Waals surface area contributed by atoms with Crippen LogP contribution in [0.15, 0.2) is 44.7 Å². The van der Waals surface area contributed by atoms with Gasteiger partial charge < -0.3 is 14.4 Å². The molecule has 0 aliphatic rings. The molecule has 0 amide bonds. The van der Waals surface area contributed by atoms with Gasteiger partial charge >= 0.3 is 0 Å². The quantitative estimate of drug-likeness (QED) is 0.511. The van der Waals surface area contributed by atoms with E-state index >= 15 is 0 Å². The van der Waals surface area contributed by atoms with Crippen molar-refractivity contribution in [3.05, 3.63) is 89.2 Å². The SMILES string of the molecule is CC(C)(C)c1ocnc1C=c1[nH]c(=O)c(=Cc2cccc([N+](=O)[O-])c2)[nH]c1=O. The number of nitro groups is 1. The standard InChI is InChI=1S/C19H18N4O5/c1-19(2,3)16-13(20-10-28-16)9-15-18(25)21-14(17(24)22-15)8-11-5-4-6-12(7-11)23(26)27/h4-10H,1-3H3,(H,21,25)(H,22,24). The second-order valence-corrected chi connectivity index (χ2v) is 7.19. The molecule has 9 nitrogen and oxygen atoms in total. The fraction of sp³-hybridized carbons (Fsp3) is 0.211. The zero-order valence-electron chi connectivity index (χ0n) is 15.5. The highest BCUT2D eigenvalue weighted by Gasteiger charge is 2.21. The zero-order valence-corrected chi connectivity index (χ0v) is 15.5. The van der Waals surface area contributed by atoms with Crippen LogP contribution in [0.4, 0.5) is 5.69 Å². The summed E-state index contributed by atoms with van der Waals surface area (Å²) in [5, 5.41) is 10.9. The maximum Gasteiger partial charge on any atom is 0.272 e. The van der Waals surface area contributed by atoms with Gasteiger partial charge in [0, 0.05) is 17.5 Å². The smallest absolute Gasteiger partial charge is 0.272 e. The monoisotopic (exact) mass is 382 g/mol. The summed E-state index contributed by atoms with van der Waals surface area (Å²) in [7, 11) is 0. The summed E-state index contributed by atoms with van der Waals surface area (Å²) in [6.07, 6.45) is 4.10. The topological polar surface area (TPSA) is 135 Å². The molecule has 9 heteroatoms. The van der Waals surface area contributed by atoms with E-state index in [-0.39, 0.29) is 21.8 Å². The Bertz CT molecular complexity index is 1270. The summed E-state index contributed by atoms with van der Waals surface area (Å²) >= 11 is 0. The maximum absolute atomic E-state index is 12.4. The third kappa shape index (κ3) is 3.98. The van der Waals surface area contributed by atoms with Gasteiger partial charge in [-0.3, -0.25) is 19.7 Å². The molecule has 2 N–H and O–H groups in total. The van der Waals surface area contributed by atoms with Gasteiger partial charge in [0.2, 0.25) is 0 Å². The van der Waals surface area contributed by atoms with Crippen LogP contribution in [0.3, 0.4) is 0 Å². The zero-order chi connectivity index (χ0) is 20.5. The first kappa shape index (κ1) is 19.0. The van der Waals surface area contributed by atoms with Crippen molar-refractivity contribution in [2.75, 3.05) is 0 Å². The molecule has 0 saturated heterocycles. The normalized spacial score (nSPS) is 13.1. The van der Waals surface area contributed by atoms with Gasteiger partial charge in [0.15, 0.2) is 6.39 Å². The number of oxazole rings is 1. The van der Waals surface area contributed by atoms with Crippen molar-refractivity contribution in [2.24, 2.45) is 0 Å². The number of non-ortho nitro benzene ring substituents is 1. The first-order valence-corrected chi connectivity index (χ1v) is 8.39. The van der Waals surface area contributed by atoms with E-state index in [0.29, 0.717) is 17.0 Å². The molecule has 1 aromatic carbocycles. The van der Waals surface area contributed by atoms with Gasteiger partial charge in [-0.15, -0.1) is 0 Å². The Morgan fingerprint density at radius 1 is 1.11 bits per heavy atom. The lowest BCUT2D eigenvalue weighted by atomic mass is 9.92. The molecule has 3 rings (SSSR count). The number of rotatable bonds is 3. The van der Waals surface area contributed by atoms with Gasteiger partial charge in [0.05, 0.1) is 4.92 Å². The van der Waals surface area contributed by atoms with Crippen molar-refractivity contribution in [2.45, 2.75) is 26.2 Å². The second kappa shape index (κ2) is 7.10. The highest BCUT2D eigenvalue weighted by molar-refractivity contribution is 5.52. The molecular formula is C19H18N4O5. The Morgan fingerprint density at radius 2 is 1.75 bits per heavy atom. The highest BCUT2D eigenvalue weighted by atomic mass is 16.6. The number of aromatic amines is 2. The minimum Gasteiger partial charge on any atom is -0.447 e. The molecule has 144 valence electrons. The molecular weight excluding hydrogens is 364 g/mol. The van der Waals surface area contributed by atoms with Gasteiger partial charge in [-0.1, -0.05) is 32.9 Å². The highest BCUT2D eigenvalue weighted by Crippen LogP contribution is 2.25. The van der Waals surface area contributed by atoms with Crippen LogP contribution < -0.4 is 21.8 Å². The molecule has 3 aromatic rings. The number of nitrogens with one attached hydrogen (secondary N) is 2. The summed E-state index contributed by atoms with van der Waals surface area (Å²) in [6.45, 7) is 5.82. The van der Waals surface area contributed by atoms with E-state index in [1.807, 2.05) is 20.8 Å². The van der Waals surface area contributed by atoms with Crippen LogP contribution in [0.5, 0.6) is 0 Å². The second-order valence-electron chi connectivity index (χ2n) is 7.19. The minimum atomic E-state index is -0.543. The number of benzene rings is 1. The Balaban J connectivity index is 2.12. The number of hydrogen-bond donors (Lipinski definition) is 2. The summed E-state index contributed by atoms with van der Waals surface area (Å²) in [5.74, 6) is 0.583. The maximum atomic E-state index is 12.4. The third-order valence-electron chi connectivity index (χ3n) is 3.93. The number of hydrogen-bond acceptors (Lipinski definition) is 6. The largest absolute Gasteiger partial charge is 0.447 e. The molecule has 0 fully saturated rings. The van der Waals surface area contributed by atoms with Crippen LogP contribution in [-0.2, 0) is 5.41 Å². The van der Waals surface area contributed by atoms with Crippen molar-refractivity contribution in [3.8, 4) is 0 Å². The Labute approximate surface area is 158 Å². The third-order valence-corrected chi connectivity index (χ3v) is 3.93. The van der Waals surface area contributed by atoms with Gasteiger partial charge in [-0.05, 0) is 17.7 Å². The predicted octanol–water partition coefficient (Wildman–Crippen LogP) is 0.914. The molecule has 0 aliphatic heterocycles. The summed E-state index contributed by atoms with van der Waals surface area (Å²) in [4.78, 5) is 44.2. The van der Waals surface area contributed by atoms with Crippen LogP contribution in [0.2, 0.25) is 0 Å². The van der Waals surface area contributed by atoms with Crippen molar-refractivity contribution in [3.63, 3.8) is 0 Å². The van der Waals surface area contributed by atoms with Crippen molar-refractivity contribution < 1.29 is 9.34 Å². The molecule has 0 radical (unpaired) electrons. The molecule has 2 aromatic heterocycles. The van der Waals surface area contributed by atoms with Gasteiger partial charge in [-0.25, -0.2) is 4.98 Å². The van der Waals surface area contributed by atoms with Crippen LogP contribution in [0, 0.1) is 10.1 Å². The Kier molecular flexibility index (Phi) is 4.83. The van der Waals surface area contributed by atoms with Crippen LogP contribution in [0.25, 0.3) is 12.2 Å². The molecule has 28 heavy (non-hydrogen) atoms. The first-order valence-electron chi connectivity index (χ1n) is 8.39. The van der Waals surface area contributed by atoms with Gasteiger partial charge in [0.25, 0.3) is 16.8 Å². The molecule has 0 aliphatic carbocycles. The van der Waals surface area contributed by atoms with Crippen molar-refractivity contribution in [1.29, 1.82) is 0 Å². The summed E-state index contributed by atoms with van der Waals surface area (Å²) in [6, 6.07) is 5.74. The minimum absolute atomic E-state index is 0.0150. The average molecular weight is 382 g/mol.